The summed E-state index contributed by atoms with van der Waals surface area (Å²) in [6.07, 6.45) is 5.65. The van der Waals surface area contributed by atoms with E-state index in [1.54, 1.807) is 23.2 Å². The highest BCUT2D eigenvalue weighted by molar-refractivity contribution is 5.89. The first-order valence-corrected chi connectivity index (χ1v) is 7.62. The van der Waals surface area contributed by atoms with E-state index in [-0.39, 0.29) is 11.8 Å². The number of alkyl halides is 1. The molecule has 3 aromatic heterocycles. The lowest BCUT2D eigenvalue weighted by molar-refractivity contribution is 0.373. The summed E-state index contributed by atoms with van der Waals surface area (Å²) in [5.74, 6) is 0.0280. The van der Waals surface area contributed by atoms with Crippen molar-refractivity contribution in [2.24, 2.45) is 17.8 Å². The van der Waals surface area contributed by atoms with E-state index in [2.05, 4.69) is 24.9 Å². The summed E-state index contributed by atoms with van der Waals surface area (Å²) in [4.78, 5) is 31.2. The molecule has 134 valence electrons. The fourth-order valence-corrected chi connectivity index (χ4v) is 2.21. The van der Waals surface area contributed by atoms with E-state index < -0.39 is 11.9 Å². The van der Waals surface area contributed by atoms with Crippen LogP contribution in [0.1, 0.15) is 6.92 Å². The number of imidazole rings is 1. The normalized spacial score (nSPS) is 13.4. The molecule has 0 bridgehead atoms. The van der Waals surface area contributed by atoms with Crippen molar-refractivity contribution in [2.75, 3.05) is 0 Å². The molecule has 0 amide bonds. The van der Waals surface area contributed by atoms with Crippen LogP contribution in [0.3, 0.4) is 0 Å². The molecule has 9 nitrogen and oxygen atoms in total. The molecule has 3 rings (SSSR count). The van der Waals surface area contributed by atoms with Crippen LogP contribution in [0.5, 0.6) is 6.01 Å². The number of ether oxygens (including phenoxy) is 1. The number of hydrogen-bond acceptors (Lipinski definition) is 7. The number of aliphatic imine (C=N–C) groups is 1. The molecule has 0 spiro atoms. The van der Waals surface area contributed by atoms with E-state index in [0.717, 1.165) is 12.4 Å². The lowest BCUT2D eigenvalue weighted by Gasteiger charge is -2.07. The van der Waals surface area contributed by atoms with Crippen molar-refractivity contribution in [3.8, 4) is 17.4 Å². The molecule has 0 aliphatic carbocycles. The third kappa shape index (κ3) is 3.58. The standard InChI is InChI=1S/C16H16FN7O2/c1-9(17)20-6-10(5-18)26-16-22-13-11(15(25)23-16)3-4-19-14(13)12-7-24(2)8-21-12/h3-9H,18H2,1-2H3,(H,22,23,25). The average molecular weight is 357 g/mol. The zero-order chi connectivity index (χ0) is 18.7. The smallest absolute Gasteiger partial charge is 0.302 e. The Balaban J connectivity index is 2.07. The Bertz CT molecular complexity index is 1050. The molecule has 0 aliphatic heterocycles. The van der Waals surface area contributed by atoms with Crippen molar-refractivity contribution in [2.45, 2.75) is 13.2 Å². The van der Waals surface area contributed by atoms with Crippen molar-refractivity contribution < 1.29 is 9.13 Å². The molecular weight excluding hydrogens is 341 g/mol. The van der Waals surface area contributed by atoms with Crippen LogP contribution in [-0.4, -0.2) is 37.0 Å². The second-order valence-electron chi connectivity index (χ2n) is 5.37. The first-order chi connectivity index (χ1) is 12.5. The van der Waals surface area contributed by atoms with Crippen molar-refractivity contribution in [1.82, 2.24) is 24.5 Å². The van der Waals surface area contributed by atoms with Crippen LogP contribution in [0, 0.1) is 0 Å². The zero-order valence-corrected chi connectivity index (χ0v) is 14.0. The first kappa shape index (κ1) is 17.3. The van der Waals surface area contributed by atoms with Crippen LogP contribution in [-0.2, 0) is 7.05 Å². The molecule has 0 saturated heterocycles. The summed E-state index contributed by atoms with van der Waals surface area (Å²) in [7, 11) is 1.82. The Hall–Kier alpha value is -3.56. The molecule has 3 aromatic rings. The third-order valence-corrected chi connectivity index (χ3v) is 3.34. The monoisotopic (exact) mass is 357 g/mol. The summed E-state index contributed by atoms with van der Waals surface area (Å²) in [6.45, 7) is 1.26. The predicted octanol–water partition coefficient (Wildman–Crippen LogP) is 1.28. The van der Waals surface area contributed by atoms with Crippen LogP contribution in [0.25, 0.3) is 22.3 Å². The van der Waals surface area contributed by atoms with Crippen LogP contribution in [0.15, 0.2) is 46.5 Å². The summed E-state index contributed by atoms with van der Waals surface area (Å²) < 4.78 is 20.0. The summed E-state index contributed by atoms with van der Waals surface area (Å²) >= 11 is 0. The number of fused-ring (bicyclic) bond motifs is 1. The average Bonchev–Trinajstić information content (AvgIpc) is 3.04. The van der Waals surface area contributed by atoms with Crippen LogP contribution in [0.2, 0.25) is 0 Å². The predicted molar refractivity (Wildman–Crippen MR) is 94.3 cm³/mol. The SMILES string of the molecule is CC(F)N=CC(=CN)Oc1nc2c(-c3cn(C)cn3)nccc2c(=O)[nH]1. The zero-order valence-electron chi connectivity index (χ0n) is 14.0. The molecule has 0 aliphatic rings. The van der Waals surface area contributed by atoms with Gasteiger partial charge in [-0.15, -0.1) is 0 Å². The molecular formula is C16H16FN7O2. The Morgan fingerprint density at radius 3 is 2.96 bits per heavy atom. The maximum Gasteiger partial charge on any atom is 0.302 e. The lowest BCUT2D eigenvalue weighted by atomic mass is 10.2. The number of nitrogens with one attached hydrogen (secondary N) is 1. The minimum absolute atomic E-state index is 0.0280. The van der Waals surface area contributed by atoms with Gasteiger partial charge in [0.2, 0.25) is 0 Å². The number of hydrogen-bond donors (Lipinski definition) is 2. The molecule has 1 unspecified atom stereocenters. The minimum atomic E-state index is -1.42. The first-order valence-electron chi connectivity index (χ1n) is 7.62. The number of allylic oxidation sites excluding steroid dienone is 1. The molecule has 26 heavy (non-hydrogen) atoms. The number of aromatic nitrogens is 5. The van der Waals surface area contributed by atoms with Gasteiger partial charge in [0.1, 0.15) is 16.9 Å². The minimum Gasteiger partial charge on any atom is -0.422 e. The molecule has 0 saturated carbocycles. The van der Waals surface area contributed by atoms with E-state index >= 15 is 0 Å². The fraction of sp³-hybridized carbons (Fsp3) is 0.188. The second-order valence-corrected chi connectivity index (χ2v) is 5.37. The number of aryl methyl sites for hydroxylation is 1. The Kier molecular flexibility index (Phi) is 4.74. The maximum atomic E-state index is 12.8. The summed E-state index contributed by atoms with van der Waals surface area (Å²) in [5, 5.41) is 0.331. The summed E-state index contributed by atoms with van der Waals surface area (Å²) in [5.41, 5.74) is 6.33. The van der Waals surface area contributed by atoms with Gasteiger partial charge in [-0.1, -0.05) is 0 Å². The summed E-state index contributed by atoms with van der Waals surface area (Å²) in [6, 6.07) is 1.42. The molecule has 1 atom stereocenters. The highest BCUT2D eigenvalue weighted by atomic mass is 19.1. The van der Waals surface area contributed by atoms with Gasteiger partial charge in [-0.05, 0) is 13.0 Å². The van der Waals surface area contributed by atoms with Gasteiger partial charge in [0.05, 0.1) is 17.9 Å². The van der Waals surface area contributed by atoms with E-state index in [0.29, 0.717) is 22.3 Å². The van der Waals surface area contributed by atoms with Crippen LogP contribution < -0.4 is 16.0 Å². The number of rotatable bonds is 5. The fourth-order valence-electron chi connectivity index (χ4n) is 2.21. The number of pyridine rings is 1. The highest BCUT2D eigenvalue weighted by Crippen LogP contribution is 2.22. The van der Waals surface area contributed by atoms with Gasteiger partial charge in [0, 0.05) is 25.6 Å². The van der Waals surface area contributed by atoms with Crippen molar-refractivity contribution in [3.63, 3.8) is 0 Å². The molecule has 0 radical (unpaired) electrons. The number of nitrogens with two attached hydrogens (primary N) is 1. The van der Waals surface area contributed by atoms with E-state index in [9.17, 15) is 9.18 Å². The van der Waals surface area contributed by atoms with E-state index in [4.69, 9.17) is 10.5 Å². The Morgan fingerprint density at radius 1 is 1.50 bits per heavy atom. The van der Waals surface area contributed by atoms with Gasteiger partial charge in [-0.2, -0.15) is 4.98 Å². The molecule has 10 heteroatoms. The van der Waals surface area contributed by atoms with Crippen molar-refractivity contribution in [1.29, 1.82) is 0 Å². The second kappa shape index (κ2) is 7.13. The molecule has 0 fully saturated rings. The van der Waals surface area contributed by atoms with Crippen molar-refractivity contribution in [3.05, 3.63) is 47.1 Å². The highest BCUT2D eigenvalue weighted by Gasteiger charge is 2.14. The maximum absolute atomic E-state index is 12.8. The van der Waals surface area contributed by atoms with Gasteiger partial charge in [-0.3, -0.25) is 19.8 Å². The molecule has 0 aromatic carbocycles. The largest absolute Gasteiger partial charge is 0.422 e. The number of aromatic amines is 1. The topological polar surface area (TPSA) is 124 Å². The lowest BCUT2D eigenvalue weighted by Crippen LogP contribution is -2.13. The van der Waals surface area contributed by atoms with E-state index in [1.165, 1.54) is 13.1 Å². The van der Waals surface area contributed by atoms with Crippen LogP contribution in [0.4, 0.5) is 4.39 Å². The third-order valence-electron chi connectivity index (χ3n) is 3.34. The Morgan fingerprint density at radius 2 is 2.31 bits per heavy atom. The van der Waals surface area contributed by atoms with E-state index in [1.807, 2.05) is 7.05 Å². The van der Waals surface area contributed by atoms with Crippen LogP contribution >= 0.6 is 0 Å². The van der Waals surface area contributed by atoms with Gasteiger partial charge in [0.15, 0.2) is 12.1 Å². The van der Waals surface area contributed by atoms with Gasteiger partial charge >= 0.3 is 6.01 Å². The number of nitrogens with zero attached hydrogens (tertiary/aromatic N) is 5. The Labute approximate surface area is 147 Å². The number of H-pyrrole nitrogens is 1. The number of halogens is 1. The van der Waals surface area contributed by atoms with Gasteiger partial charge in [0.25, 0.3) is 5.56 Å². The molecule has 3 N–H and O–H groups in total. The molecule has 3 heterocycles. The quantitative estimate of drug-likeness (QED) is 0.403. The van der Waals surface area contributed by atoms with Gasteiger partial charge < -0.3 is 15.0 Å². The van der Waals surface area contributed by atoms with Crippen molar-refractivity contribution >= 4 is 17.1 Å². The van der Waals surface area contributed by atoms with Gasteiger partial charge in [-0.25, -0.2) is 9.37 Å².